The minimum Gasteiger partial charge on any atom is -0.361 e. The van der Waals surface area contributed by atoms with Gasteiger partial charge in [0.2, 0.25) is 5.91 Å². The number of nitrogens with zero attached hydrogens (tertiary/aromatic N) is 1. The van der Waals surface area contributed by atoms with Gasteiger partial charge in [0.25, 0.3) is 0 Å². The summed E-state index contributed by atoms with van der Waals surface area (Å²) < 4.78 is 4.97. The fourth-order valence-electron chi connectivity index (χ4n) is 3.52. The lowest BCUT2D eigenvalue weighted by Gasteiger charge is -2.26. The lowest BCUT2D eigenvalue weighted by atomic mass is 9.84. The van der Waals surface area contributed by atoms with E-state index in [1.165, 1.54) is 6.42 Å². The average Bonchev–Trinajstić information content (AvgIpc) is 3.02. The molecular weight excluding hydrogens is 230 g/mol. The molecule has 1 amide bonds. The second-order valence-corrected chi connectivity index (χ2v) is 5.58. The van der Waals surface area contributed by atoms with Crippen LogP contribution in [-0.4, -0.2) is 17.1 Å². The summed E-state index contributed by atoms with van der Waals surface area (Å²) in [7, 11) is 0. The molecule has 1 aromatic rings. The zero-order valence-corrected chi connectivity index (χ0v) is 10.6. The number of nitrogens with two attached hydrogens (primary N) is 1. The smallest absolute Gasteiger partial charge is 0.225 e. The van der Waals surface area contributed by atoms with Crippen LogP contribution in [0.15, 0.2) is 10.6 Å². The van der Waals surface area contributed by atoms with Crippen LogP contribution in [0.25, 0.3) is 0 Å². The molecule has 18 heavy (non-hydrogen) atoms. The summed E-state index contributed by atoms with van der Waals surface area (Å²) in [6.45, 7) is 2.26. The molecular formula is C13H19N3O2. The van der Waals surface area contributed by atoms with Crippen molar-refractivity contribution in [3.63, 3.8) is 0 Å². The minimum atomic E-state index is -0.00301. The Bertz CT molecular complexity index is 455. The molecule has 5 nitrogen and oxygen atoms in total. The van der Waals surface area contributed by atoms with Crippen molar-refractivity contribution in [1.29, 1.82) is 0 Å². The summed E-state index contributed by atoms with van der Waals surface area (Å²) in [5, 5.41) is 6.79. The van der Waals surface area contributed by atoms with E-state index in [9.17, 15) is 4.79 Å². The molecule has 3 rings (SSSR count). The summed E-state index contributed by atoms with van der Waals surface area (Å²) in [5.41, 5.74) is 6.90. The van der Waals surface area contributed by atoms with E-state index in [1.807, 2.05) is 13.0 Å². The van der Waals surface area contributed by atoms with E-state index in [0.717, 1.165) is 24.3 Å². The first kappa shape index (κ1) is 11.7. The molecule has 1 aromatic heterocycles. The van der Waals surface area contributed by atoms with E-state index in [1.54, 1.807) is 0 Å². The highest BCUT2D eigenvalue weighted by Crippen LogP contribution is 2.47. The number of rotatable bonds is 3. The lowest BCUT2D eigenvalue weighted by Crippen LogP contribution is -2.45. The molecule has 4 unspecified atom stereocenters. The number of hydrogen-bond acceptors (Lipinski definition) is 4. The predicted molar refractivity (Wildman–Crippen MR) is 65.4 cm³/mol. The Balaban J connectivity index is 1.59. The van der Waals surface area contributed by atoms with Crippen LogP contribution in [0.3, 0.4) is 0 Å². The fraction of sp³-hybridized carbons (Fsp3) is 0.692. The molecule has 0 aromatic carbocycles. The third-order valence-electron chi connectivity index (χ3n) is 4.40. The number of carbonyl (C=O) groups excluding carboxylic acids is 1. The molecule has 1 heterocycles. The van der Waals surface area contributed by atoms with Gasteiger partial charge in [-0.15, -0.1) is 0 Å². The van der Waals surface area contributed by atoms with Crippen LogP contribution in [0, 0.1) is 24.7 Å². The standard InChI is InChI=1S/C13H19N3O2/c1-7-4-10(16-18-7)6-15-13(17)11-8-2-3-9(5-8)12(11)14/h4,8-9,11-12H,2-3,5-6,14H2,1H3,(H,15,17). The Morgan fingerprint density at radius 1 is 1.56 bits per heavy atom. The van der Waals surface area contributed by atoms with Gasteiger partial charge in [0.1, 0.15) is 11.5 Å². The molecule has 98 valence electrons. The summed E-state index contributed by atoms with van der Waals surface area (Å²) in [4.78, 5) is 12.2. The number of fused-ring (bicyclic) bond motifs is 2. The summed E-state index contributed by atoms with van der Waals surface area (Å²) in [5.74, 6) is 1.88. The number of carbonyl (C=O) groups is 1. The van der Waals surface area contributed by atoms with Crippen LogP contribution in [0.4, 0.5) is 0 Å². The fourth-order valence-corrected chi connectivity index (χ4v) is 3.52. The first-order valence-corrected chi connectivity index (χ1v) is 6.60. The lowest BCUT2D eigenvalue weighted by molar-refractivity contribution is -0.127. The maximum atomic E-state index is 12.2. The molecule has 0 spiro atoms. The highest BCUT2D eigenvalue weighted by molar-refractivity contribution is 5.80. The molecule has 2 fully saturated rings. The normalized spacial score (nSPS) is 33.9. The topological polar surface area (TPSA) is 81.2 Å². The van der Waals surface area contributed by atoms with Crippen LogP contribution in [-0.2, 0) is 11.3 Å². The van der Waals surface area contributed by atoms with Crippen molar-refractivity contribution in [2.24, 2.45) is 23.5 Å². The third-order valence-corrected chi connectivity index (χ3v) is 4.40. The van der Waals surface area contributed by atoms with E-state index >= 15 is 0 Å². The van der Waals surface area contributed by atoms with Gasteiger partial charge in [-0.1, -0.05) is 5.16 Å². The van der Waals surface area contributed by atoms with Crippen LogP contribution in [0.1, 0.15) is 30.7 Å². The van der Waals surface area contributed by atoms with Crippen LogP contribution >= 0.6 is 0 Å². The van der Waals surface area contributed by atoms with Crippen LogP contribution in [0.2, 0.25) is 0 Å². The van der Waals surface area contributed by atoms with Gasteiger partial charge >= 0.3 is 0 Å². The van der Waals surface area contributed by atoms with Gasteiger partial charge in [-0.05, 0) is 38.0 Å². The quantitative estimate of drug-likeness (QED) is 0.836. The molecule has 0 aliphatic heterocycles. The van der Waals surface area contributed by atoms with E-state index in [2.05, 4.69) is 10.5 Å². The van der Waals surface area contributed by atoms with Crippen molar-refractivity contribution < 1.29 is 9.32 Å². The highest BCUT2D eigenvalue weighted by atomic mass is 16.5. The summed E-state index contributed by atoms with van der Waals surface area (Å²) in [6.07, 6.45) is 3.47. The van der Waals surface area contributed by atoms with Gasteiger partial charge in [0, 0.05) is 12.1 Å². The zero-order valence-electron chi connectivity index (χ0n) is 10.6. The Morgan fingerprint density at radius 2 is 2.33 bits per heavy atom. The molecule has 4 atom stereocenters. The predicted octanol–water partition coefficient (Wildman–Crippen LogP) is 0.973. The molecule has 0 saturated heterocycles. The second-order valence-electron chi connectivity index (χ2n) is 5.58. The number of aromatic nitrogens is 1. The van der Waals surface area contributed by atoms with Crippen molar-refractivity contribution in [1.82, 2.24) is 10.5 Å². The number of aryl methyl sites for hydroxylation is 1. The largest absolute Gasteiger partial charge is 0.361 e. The molecule has 0 radical (unpaired) electrons. The summed E-state index contributed by atoms with van der Waals surface area (Å²) >= 11 is 0. The molecule has 5 heteroatoms. The van der Waals surface area contributed by atoms with E-state index in [0.29, 0.717) is 18.4 Å². The van der Waals surface area contributed by atoms with Gasteiger partial charge < -0.3 is 15.6 Å². The van der Waals surface area contributed by atoms with Gasteiger partial charge in [-0.2, -0.15) is 0 Å². The van der Waals surface area contributed by atoms with Gasteiger partial charge in [-0.3, -0.25) is 4.79 Å². The van der Waals surface area contributed by atoms with Crippen molar-refractivity contribution in [2.45, 2.75) is 38.8 Å². The molecule has 2 saturated carbocycles. The van der Waals surface area contributed by atoms with Gasteiger partial charge in [0.05, 0.1) is 12.5 Å². The minimum absolute atomic E-state index is 0.00301. The second kappa shape index (κ2) is 4.39. The monoisotopic (exact) mass is 249 g/mol. The first-order valence-electron chi connectivity index (χ1n) is 6.60. The van der Waals surface area contributed by atoms with E-state index in [4.69, 9.17) is 10.3 Å². The Kier molecular flexibility index (Phi) is 2.86. The highest BCUT2D eigenvalue weighted by Gasteiger charge is 2.48. The maximum Gasteiger partial charge on any atom is 0.225 e. The molecule has 3 N–H and O–H groups in total. The maximum absolute atomic E-state index is 12.2. The van der Waals surface area contributed by atoms with Crippen molar-refractivity contribution in [3.05, 3.63) is 17.5 Å². The number of hydrogen-bond donors (Lipinski definition) is 2. The summed E-state index contributed by atoms with van der Waals surface area (Å²) in [6, 6.07) is 1.88. The molecule has 2 bridgehead atoms. The number of amides is 1. The first-order chi connectivity index (χ1) is 8.65. The van der Waals surface area contributed by atoms with Crippen molar-refractivity contribution in [2.75, 3.05) is 0 Å². The van der Waals surface area contributed by atoms with Crippen LogP contribution < -0.4 is 11.1 Å². The average molecular weight is 249 g/mol. The Labute approximate surface area is 106 Å². The third kappa shape index (κ3) is 1.92. The zero-order chi connectivity index (χ0) is 12.7. The van der Waals surface area contributed by atoms with Crippen molar-refractivity contribution >= 4 is 5.91 Å². The van der Waals surface area contributed by atoms with Crippen molar-refractivity contribution in [3.8, 4) is 0 Å². The Morgan fingerprint density at radius 3 is 2.94 bits per heavy atom. The Hall–Kier alpha value is -1.36. The molecule has 2 aliphatic rings. The SMILES string of the molecule is Cc1cc(CNC(=O)C2C3CCC(C3)C2N)no1. The van der Waals surface area contributed by atoms with E-state index < -0.39 is 0 Å². The molecule has 2 aliphatic carbocycles. The number of nitrogens with one attached hydrogen (secondary N) is 1. The van der Waals surface area contributed by atoms with E-state index in [-0.39, 0.29) is 17.9 Å². The van der Waals surface area contributed by atoms with Gasteiger partial charge in [0.15, 0.2) is 0 Å². The van der Waals surface area contributed by atoms with Gasteiger partial charge in [-0.25, -0.2) is 0 Å². The van der Waals surface area contributed by atoms with Crippen LogP contribution in [0.5, 0.6) is 0 Å².